The lowest BCUT2D eigenvalue weighted by Gasteiger charge is -2.33. The Bertz CT molecular complexity index is 1240. The van der Waals surface area contributed by atoms with Crippen LogP contribution in [-0.4, -0.2) is 54.7 Å². The molecule has 0 bridgehead atoms. The monoisotopic (exact) mass is 483 g/mol. The second kappa shape index (κ2) is 8.62. The van der Waals surface area contributed by atoms with E-state index in [0.29, 0.717) is 16.1 Å². The number of benzene rings is 2. The third-order valence-electron chi connectivity index (χ3n) is 4.85. The zero-order chi connectivity index (χ0) is 22.2. The lowest BCUT2D eigenvalue weighted by atomic mass is 10.2. The Balaban J connectivity index is 1.44. The number of amides is 1. The molecule has 0 unspecified atom stereocenters. The van der Waals surface area contributed by atoms with E-state index in [0.717, 1.165) is 22.0 Å². The van der Waals surface area contributed by atoms with Crippen molar-refractivity contribution in [1.82, 2.24) is 14.2 Å². The summed E-state index contributed by atoms with van der Waals surface area (Å²) in [6, 6.07) is 9.62. The maximum atomic E-state index is 13.5. The standard InChI is InChI=1S/C20H16ClF2N3O3S2/c21-14-3-1-2-13(10-14)19-24-18(12-30-19)20(27)25-6-8-26(9-7-25)31(28,29)15-4-5-16(22)17(23)11-15/h1-5,10-12H,6-9H2. The van der Waals surface area contributed by atoms with E-state index >= 15 is 0 Å². The van der Waals surface area contributed by atoms with Crippen molar-refractivity contribution in [1.29, 1.82) is 0 Å². The van der Waals surface area contributed by atoms with E-state index in [-0.39, 0.29) is 42.7 Å². The molecule has 0 spiro atoms. The quantitative estimate of drug-likeness (QED) is 0.564. The minimum atomic E-state index is -3.99. The number of aromatic nitrogens is 1. The first-order chi connectivity index (χ1) is 14.8. The Kier molecular flexibility index (Phi) is 6.07. The molecule has 1 fully saturated rings. The van der Waals surface area contributed by atoms with Crippen molar-refractivity contribution in [2.75, 3.05) is 26.2 Å². The number of piperazine rings is 1. The summed E-state index contributed by atoms with van der Waals surface area (Å²) in [4.78, 5) is 18.4. The molecule has 0 aliphatic carbocycles. The predicted molar refractivity (Wildman–Crippen MR) is 114 cm³/mol. The van der Waals surface area contributed by atoms with Crippen LogP contribution in [0.2, 0.25) is 5.02 Å². The molecule has 1 aromatic heterocycles. The Morgan fingerprint density at radius 3 is 2.45 bits per heavy atom. The lowest BCUT2D eigenvalue weighted by molar-refractivity contribution is 0.0693. The van der Waals surface area contributed by atoms with Gasteiger partial charge in [0, 0.05) is 42.1 Å². The van der Waals surface area contributed by atoms with Gasteiger partial charge in [-0.25, -0.2) is 22.2 Å². The minimum absolute atomic E-state index is 0.0400. The number of hydrogen-bond acceptors (Lipinski definition) is 5. The zero-order valence-electron chi connectivity index (χ0n) is 16.0. The predicted octanol–water partition coefficient (Wildman–Crippen LogP) is 3.89. The zero-order valence-corrected chi connectivity index (χ0v) is 18.4. The van der Waals surface area contributed by atoms with Gasteiger partial charge in [-0.15, -0.1) is 11.3 Å². The summed E-state index contributed by atoms with van der Waals surface area (Å²) in [5.41, 5.74) is 1.08. The topological polar surface area (TPSA) is 70.6 Å². The Morgan fingerprint density at radius 2 is 1.77 bits per heavy atom. The molecule has 1 saturated heterocycles. The molecule has 4 rings (SSSR count). The minimum Gasteiger partial charge on any atom is -0.335 e. The van der Waals surface area contributed by atoms with Crippen molar-refractivity contribution in [3.63, 3.8) is 0 Å². The highest BCUT2D eigenvalue weighted by atomic mass is 35.5. The molecular weight excluding hydrogens is 468 g/mol. The highest BCUT2D eigenvalue weighted by Crippen LogP contribution is 2.27. The van der Waals surface area contributed by atoms with Crippen molar-refractivity contribution < 1.29 is 22.0 Å². The summed E-state index contributed by atoms with van der Waals surface area (Å²) >= 11 is 7.32. The van der Waals surface area contributed by atoms with E-state index in [1.54, 1.807) is 23.6 Å². The van der Waals surface area contributed by atoms with Crippen molar-refractivity contribution >= 4 is 38.9 Å². The van der Waals surface area contributed by atoms with Crippen LogP contribution in [0, 0.1) is 11.6 Å². The largest absolute Gasteiger partial charge is 0.335 e. The second-order valence-corrected chi connectivity index (χ2v) is 10.1. The first-order valence-electron chi connectivity index (χ1n) is 9.21. The number of carbonyl (C=O) groups excluding carboxylic acids is 1. The fourth-order valence-electron chi connectivity index (χ4n) is 3.21. The molecule has 2 aromatic carbocycles. The number of rotatable bonds is 4. The summed E-state index contributed by atoms with van der Waals surface area (Å²) in [5.74, 6) is -2.64. The molecule has 0 radical (unpaired) electrons. The van der Waals surface area contributed by atoms with Crippen molar-refractivity contribution in [2.45, 2.75) is 4.90 Å². The summed E-state index contributed by atoms with van der Waals surface area (Å²) < 4.78 is 53.1. The number of halogens is 3. The third kappa shape index (κ3) is 4.47. The molecule has 0 atom stereocenters. The average Bonchev–Trinajstić information content (AvgIpc) is 3.25. The molecule has 1 amide bonds. The van der Waals surface area contributed by atoms with Crippen LogP contribution in [0.1, 0.15) is 10.5 Å². The molecule has 0 saturated carbocycles. The van der Waals surface area contributed by atoms with Crippen LogP contribution in [0.25, 0.3) is 10.6 Å². The van der Waals surface area contributed by atoms with Crippen molar-refractivity contribution in [3.8, 4) is 10.6 Å². The third-order valence-corrected chi connectivity index (χ3v) is 7.87. The summed E-state index contributed by atoms with van der Waals surface area (Å²) in [7, 11) is -3.99. The molecule has 162 valence electrons. The van der Waals surface area contributed by atoms with Gasteiger partial charge in [-0.3, -0.25) is 4.79 Å². The van der Waals surface area contributed by atoms with Crippen LogP contribution in [0.5, 0.6) is 0 Å². The van der Waals surface area contributed by atoms with Crippen molar-refractivity contribution in [3.05, 3.63) is 70.2 Å². The molecular formula is C20H16ClF2N3O3S2. The highest BCUT2D eigenvalue weighted by molar-refractivity contribution is 7.89. The van der Waals surface area contributed by atoms with Gasteiger partial charge in [-0.05, 0) is 30.3 Å². The van der Waals surface area contributed by atoms with Gasteiger partial charge in [-0.1, -0.05) is 23.7 Å². The lowest BCUT2D eigenvalue weighted by Crippen LogP contribution is -2.50. The van der Waals surface area contributed by atoms with Crippen LogP contribution in [0.4, 0.5) is 8.78 Å². The highest BCUT2D eigenvalue weighted by Gasteiger charge is 2.31. The first-order valence-corrected chi connectivity index (χ1v) is 11.9. The van der Waals surface area contributed by atoms with Crippen LogP contribution in [0.15, 0.2) is 52.7 Å². The van der Waals surface area contributed by atoms with E-state index < -0.39 is 21.7 Å². The Hall–Kier alpha value is -2.40. The normalized spacial score (nSPS) is 15.3. The van der Waals surface area contributed by atoms with Gasteiger partial charge in [0.25, 0.3) is 5.91 Å². The molecule has 3 aromatic rings. The smallest absolute Gasteiger partial charge is 0.273 e. The van der Waals surface area contributed by atoms with Gasteiger partial charge in [0.2, 0.25) is 10.0 Å². The SMILES string of the molecule is O=C(c1csc(-c2cccc(Cl)c2)n1)N1CCN(S(=O)(=O)c2ccc(F)c(F)c2)CC1. The van der Waals surface area contributed by atoms with Gasteiger partial charge in [0.1, 0.15) is 10.7 Å². The molecule has 1 aliphatic heterocycles. The van der Waals surface area contributed by atoms with Gasteiger partial charge in [0.05, 0.1) is 4.90 Å². The van der Waals surface area contributed by atoms with Crippen molar-refractivity contribution in [2.24, 2.45) is 0 Å². The van der Waals surface area contributed by atoms with E-state index in [1.807, 2.05) is 6.07 Å². The Labute approximate surface area is 186 Å². The fraction of sp³-hybridized carbons (Fsp3) is 0.200. The molecule has 1 aliphatic rings. The second-order valence-electron chi connectivity index (χ2n) is 6.82. The number of thiazole rings is 1. The maximum absolute atomic E-state index is 13.5. The van der Waals surface area contributed by atoms with Gasteiger partial charge in [0.15, 0.2) is 11.6 Å². The summed E-state index contributed by atoms with van der Waals surface area (Å²) in [6.45, 7) is 0.397. The number of sulfonamides is 1. The van der Waals surface area contributed by atoms with Crippen LogP contribution in [0.3, 0.4) is 0 Å². The first kappa shape index (κ1) is 21.8. The summed E-state index contributed by atoms with van der Waals surface area (Å²) in [6.07, 6.45) is 0. The Morgan fingerprint density at radius 1 is 1.03 bits per heavy atom. The number of hydrogen-bond donors (Lipinski definition) is 0. The molecule has 0 N–H and O–H groups in total. The maximum Gasteiger partial charge on any atom is 0.273 e. The van der Waals surface area contributed by atoms with Crippen LogP contribution >= 0.6 is 22.9 Å². The van der Waals surface area contributed by atoms with E-state index in [2.05, 4.69) is 4.98 Å². The van der Waals surface area contributed by atoms with E-state index in [4.69, 9.17) is 11.6 Å². The average molecular weight is 484 g/mol. The number of carbonyl (C=O) groups is 1. The van der Waals surface area contributed by atoms with Gasteiger partial charge >= 0.3 is 0 Å². The summed E-state index contributed by atoms with van der Waals surface area (Å²) in [5, 5.41) is 2.88. The molecule has 11 heteroatoms. The van der Waals surface area contributed by atoms with Crippen LogP contribution < -0.4 is 0 Å². The molecule has 31 heavy (non-hydrogen) atoms. The molecule has 6 nitrogen and oxygen atoms in total. The molecule has 2 heterocycles. The van der Waals surface area contributed by atoms with Gasteiger partial charge < -0.3 is 4.90 Å². The van der Waals surface area contributed by atoms with E-state index in [1.165, 1.54) is 16.2 Å². The van der Waals surface area contributed by atoms with Gasteiger partial charge in [-0.2, -0.15) is 4.31 Å². The van der Waals surface area contributed by atoms with Crippen LogP contribution in [-0.2, 0) is 10.0 Å². The van der Waals surface area contributed by atoms with E-state index in [9.17, 15) is 22.0 Å². The fourth-order valence-corrected chi connectivity index (χ4v) is 5.62. The number of nitrogens with zero attached hydrogens (tertiary/aromatic N) is 3.